The molecule has 8 nitrogen and oxygen atoms in total. The largest absolute Gasteiger partial charge is 0.467 e. The molecule has 0 aliphatic carbocycles. The summed E-state index contributed by atoms with van der Waals surface area (Å²) in [6.07, 6.45) is -0.955. The Morgan fingerprint density at radius 2 is 1.92 bits per heavy atom. The van der Waals surface area contributed by atoms with Gasteiger partial charge in [0.2, 0.25) is 0 Å². The molecule has 0 radical (unpaired) electrons. The number of esters is 1. The molecule has 2 saturated heterocycles. The molecule has 130 valence electrons. The number of carbonyl (C=O) groups is 2. The van der Waals surface area contributed by atoms with Crippen molar-refractivity contribution < 1.29 is 28.5 Å². The highest BCUT2D eigenvalue weighted by molar-refractivity contribution is 5.89. The first-order chi connectivity index (χ1) is 11.7. The molecule has 0 spiro atoms. The Kier molecular flexibility index (Phi) is 5.29. The summed E-state index contributed by atoms with van der Waals surface area (Å²) in [5.41, 5.74) is 0.706. The first-order valence-electron chi connectivity index (χ1n) is 7.71. The zero-order valence-electron chi connectivity index (χ0n) is 13.3. The molecule has 1 aromatic carbocycles. The van der Waals surface area contributed by atoms with Crippen molar-refractivity contribution in [1.82, 2.24) is 5.32 Å². The van der Waals surface area contributed by atoms with Crippen molar-refractivity contribution in [3.63, 3.8) is 0 Å². The van der Waals surface area contributed by atoms with Gasteiger partial charge in [-0.2, -0.15) is 0 Å². The van der Waals surface area contributed by atoms with Crippen LogP contribution >= 0.6 is 0 Å². The third-order valence-corrected chi connectivity index (χ3v) is 4.00. The maximum Gasteiger partial charge on any atom is 0.331 e. The predicted octanol–water partition coefficient (Wildman–Crippen LogP) is 0.532. The average Bonchev–Trinajstić information content (AvgIpc) is 3.16. The van der Waals surface area contributed by atoms with Crippen LogP contribution in [0.5, 0.6) is 0 Å². The Balaban J connectivity index is 1.49. The summed E-state index contributed by atoms with van der Waals surface area (Å²) in [4.78, 5) is 23.2. The Morgan fingerprint density at radius 1 is 1.17 bits per heavy atom. The van der Waals surface area contributed by atoms with E-state index in [-0.39, 0.29) is 37.0 Å². The summed E-state index contributed by atoms with van der Waals surface area (Å²) < 4.78 is 21.4. The number of hydrogen-bond acceptors (Lipinski definition) is 6. The van der Waals surface area contributed by atoms with Crippen molar-refractivity contribution in [2.75, 3.05) is 32.2 Å². The van der Waals surface area contributed by atoms with Crippen LogP contribution in [0.4, 0.5) is 10.5 Å². The van der Waals surface area contributed by atoms with Crippen LogP contribution in [0.15, 0.2) is 30.3 Å². The van der Waals surface area contributed by atoms with E-state index in [1.807, 2.05) is 18.2 Å². The fourth-order valence-electron chi connectivity index (χ4n) is 2.82. The number of amides is 2. The third kappa shape index (κ3) is 3.84. The number of benzene rings is 1. The van der Waals surface area contributed by atoms with Crippen LogP contribution in [0.2, 0.25) is 0 Å². The minimum atomic E-state index is -0.451. The van der Waals surface area contributed by atoms with Gasteiger partial charge in [0.1, 0.15) is 24.9 Å². The highest BCUT2D eigenvalue weighted by Crippen LogP contribution is 2.29. The van der Waals surface area contributed by atoms with E-state index in [9.17, 15) is 9.59 Å². The minimum Gasteiger partial charge on any atom is -0.467 e. The van der Waals surface area contributed by atoms with Crippen LogP contribution in [0, 0.1) is 0 Å². The number of nitrogens with one attached hydrogen (secondary N) is 2. The summed E-state index contributed by atoms with van der Waals surface area (Å²) >= 11 is 0. The van der Waals surface area contributed by atoms with E-state index in [2.05, 4.69) is 15.4 Å². The van der Waals surface area contributed by atoms with Crippen LogP contribution in [-0.4, -0.2) is 63.3 Å². The van der Waals surface area contributed by atoms with Gasteiger partial charge >= 0.3 is 12.0 Å². The molecule has 0 saturated carbocycles. The van der Waals surface area contributed by atoms with Gasteiger partial charge in [-0.1, -0.05) is 18.2 Å². The van der Waals surface area contributed by atoms with Crippen LogP contribution in [0.25, 0.3) is 0 Å². The van der Waals surface area contributed by atoms with Crippen molar-refractivity contribution in [3.05, 3.63) is 30.3 Å². The quantitative estimate of drug-likeness (QED) is 0.762. The zero-order valence-corrected chi connectivity index (χ0v) is 13.3. The lowest BCUT2D eigenvalue weighted by molar-refractivity contribution is -0.150. The van der Waals surface area contributed by atoms with Gasteiger partial charge in [0.05, 0.1) is 26.4 Å². The summed E-state index contributed by atoms with van der Waals surface area (Å²) in [6.45, 7) is 0.490. The van der Waals surface area contributed by atoms with Crippen molar-refractivity contribution in [2.24, 2.45) is 0 Å². The average molecular weight is 336 g/mol. The van der Waals surface area contributed by atoms with Gasteiger partial charge in [0.25, 0.3) is 0 Å². The summed E-state index contributed by atoms with van der Waals surface area (Å²) in [5.74, 6) is -0.451. The fraction of sp³-hybridized carbons (Fsp3) is 0.500. The molecule has 0 bridgehead atoms. The normalized spacial score (nSPS) is 28.2. The molecule has 2 heterocycles. The Labute approximate surface area is 139 Å². The molecule has 0 unspecified atom stereocenters. The van der Waals surface area contributed by atoms with Gasteiger partial charge in [0, 0.05) is 5.69 Å². The second kappa shape index (κ2) is 7.61. The number of para-hydroxylation sites is 1. The number of hydrogen-bond donors (Lipinski definition) is 2. The van der Waals surface area contributed by atoms with Crippen molar-refractivity contribution in [1.29, 1.82) is 0 Å². The van der Waals surface area contributed by atoms with Crippen LogP contribution < -0.4 is 10.6 Å². The number of anilines is 1. The number of ether oxygens (including phenoxy) is 4. The molecule has 24 heavy (non-hydrogen) atoms. The molecule has 3 rings (SSSR count). The summed E-state index contributed by atoms with van der Waals surface area (Å²) in [6, 6.07) is 8.57. The van der Waals surface area contributed by atoms with E-state index in [1.54, 1.807) is 12.1 Å². The number of urea groups is 1. The first-order valence-corrected chi connectivity index (χ1v) is 7.71. The van der Waals surface area contributed by atoms with Crippen molar-refractivity contribution in [3.8, 4) is 0 Å². The van der Waals surface area contributed by atoms with E-state index in [1.165, 1.54) is 7.11 Å². The number of methoxy groups -OCH3 is 1. The molecular formula is C16H20N2O6. The molecule has 8 heteroatoms. The van der Waals surface area contributed by atoms with E-state index in [0.29, 0.717) is 18.9 Å². The molecular weight excluding hydrogens is 316 g/mol. The predicted molar refractivity (Wildman–Crippen MR) is 83.6 cm³/mol. The lowest BCUT2D eigenvalue weighted by Gasteiger charge is -2.18. The van der Waals surface area contributed by atoms with Crippen molar-refractivity contribution >= 4 is 17.7 Å². The highest BCUT2D eigenvalue weighted by Gasteiger charge is 2.49. The molecule has 2 aliphatic heterocycles. The number of carbonyl (C=O) groups excluding carboxylic acids is 2. The molecule has 2 aliphatic rings. The monoisotopic (exact) mass is 336 g/mol. The smallest absolute Gasteiger partial charge is 0.331 e. The van der Waals surface area contributed by atoms with Crippen LogP contribution in [0.3, 0.4) is 0 Å². The van der Waals surface area contributed by atoms with E-state index < -0.39 is 5.97 Å². The van der Waals surface area contributed by atoms with E-state index in [4.69, 9.17) is 14.2 Å². The van der Waals surface area contributed by atoms with Crippen LogP contribution in [-0.2, 0) is 23.7 Å². The van der Waals surface area contributed by atoms with Crippen molar-refractivity contribution in [2.45, 2.75) is 24.4 Å². The van der Waals surface area contributed by atoms with Gasteiger partial charge in [-0.25, -0.2) is 9.59 Å². The van der Waals surface area contributed by atoms with E-state index in [0.717, 1.165) is 0 Å². The maximum absolute atomic E-state index is 12.1. The molecule has 4 atom stereocenters. The van der Waals surface area contributed by atoms with E-state index >= 15 is 0 Å². The number of rotatable bonds is 5. The molecule has 2 amide bonds. The summed E-state index contributed by atoms with van der Waals surface area (Å²) in [5, 5.41) is 5.60. The van der Waals surface area contributed by atoms with Gasteiger partial charge in [-0.05, 0) is 12.1 Å². The second-order valence-electron chi connectivity index (χ2n) is 5.59. The SMILES string of the molecule is COC(=O)CO[C@@H]1CO[C@H]2[C@@H]1OC[C@@H]2NC(=O)Nc1ccccc1. The highest BCUT2D eigenvalue weighted by atomic mass is 16.6. The summed E-state index contributed by atoms with van der Waals surface area (Å²) in [7, 11) is 1.30. The first kappa shape index (κ1) is 16.7. The maximum atomic E-state index is 12.1. The molecule has 2 fully saturated rings. The van der Waals surface area contributed by atoms with Crippen LogP contribution in [0.1, 0.15) is 0 Å². The lowest BCUT2D eigenvalue weighted by atomic mass is 10.1. The second-order valence-corrected chi connectivity index (χ2v) is 5.59. The molecule has 0 aromatic heterocycles. The Hall–Kier alpha value is -2.16. The topological polar surface area (TPSA) is 95.1 Å². The Morgan fingerprint density at radius 3 is 2.67 bits per heavy atom. The zero-order chi connectivity index (χ0) is 16.9. The number of fused-ring (bicyclic) bond motifs is 1. The van der Waals surface area contributed by atoms with Gasteiger partial charge < -0.3 is 29.6 Å². The third-order valence-electron chi connectivity index (χ3n) is 4.00. The van der Waals surface area contributed by atoms with Gasteiger partial charge in [-0.15, -0.1) is 0 Å². The fourth-order valence-corrected chi connectivity index (χ4v) is 2.82. The molecule has 1 aromatic rings. The standard InChI is InChI=1S/C16H20N2O6/c1-21-13(19)9-22-12-8-24-14-11(7-23-15(12)14)18-16(20)17-10-5-3-2-4-6-10/h2-6,11-12,14-15H,7-9H2,1H3,(H2,17,18,20)/t11-,12+,14+,15+/m0/s1. The Bertz CT molecular complexity index is 581. The van der Waals surface area contributed by atoms with Gasteiger partial charge in [-0.3, -0.25) is 0 Å². The lowest BCUT2D eigenvalue weighted by Crippen LogP contribution is -2.46. The minimum absolute atomic E-state index is 0.149. The van der Waals surface area contributed by atoms with Gasteiger partial charge in [0.15, 0.2) is 0 Å². The molecule has 2 N–H and O–H groups in total.